The number of ether oxygens (including phenoxy) is 1. The quantitative estimate of drug-likeness (QED) is 0.0352. The van der Waals surface area contributed by atoms with Crippen molar-refractivity contribution in [3.05, 3.63) is 334 Å². The lowest BCUT2D eigenvalue weighted by Gasteiger charge is -2.08. The number of non-ortho nitro benzene ring substituents is 1. The van der Waals surface area contributed by atoms with Crippen molar-refractivity contribution in [3.8, 4) is 159 Å². The van der Waals surface area contributed by atoms with Crippen LogP contribution in [0.25, 0.3) is 136 Å². The summed E-state index contributed by atoms with van der Waals surface area (Å²) in [4.78, 5) is 54.8. The number of hydrogen-bond acceptors (Lipinski definition) is 11. The van der Waals surface area contributed by atoms with Crippen molar-refractivity contribution in [1.82, 2.24) is 39.9 Å². The lowest BCUT2D eigenvalue weighted by Crippen LogP contribution is -1.95. The Kier molecular flexibility index (Phi) is 24.2. The number of H-pyrrole nitrogens is 4. The van der Waals surface area contributed by atoms with Crippen LogP contribution in [0.2, 0.25) is 10.0 Å². The topological polar surface area (TPSA) is 265 Å². The predicted octanol–water partition coefficient (Wildman–Crippen LogP) is 25.3. The number of aromatic carboxylic acids is 1. The molecule has 0 bridgehead atoms. The molecule has 12 aromatic carbocycles. The van der Waals surface area contributed by atoms with E-state index < -0.39 is 10.9 Å². The number of benzene rings is 12. The number of carboxylic acids is 1. The number of imidazole rings is 4. The number of aryl methyl sites for hydroxylation is 2. The number of nitrogens with one attached hydrogen (secondary N) is 4. The van der Waals surface area contributed by atoms with Crippen LogP contribution >= 0.6 is 86.9 Å². The van der Waals surface area contributed by atoms with Gasteiger partial charge in [-0.25, -0.2) is 24.7 Å². The highest BCUT2D eigenvalue weighted by atomic mass is 79.9. The van der Waals surface area contributed by atoms with Gasteiger partial charge >= 0.3 is 5.97 Å². The maximum absolute atomic E-state index is 11.3. The largest absolute Gasteiger partial charge is 0.508 e. The summed E-state index contributed by atoms with van der Waals surface area (Å²) >= 11 is 26.2. The average Bonchev–Trinajstić information content (AvgIpc) is 1.67. The van der Waals surface area contributed by atoms with Gasteiger partial charge in [-0.3, -0.25) is 10.1 Å². The van der Waals surface area contributed by atoms with Gasteiger partial charge in [-0.1, -0.05) is 239 Å². The standard InChI is InChI=1S/C23H18Cl2N2O2.C22H14Br2N2O2.C22H17N3O3.C21H14Br2N2O/c1-13-11-16(12-19(29-2)22(13)28)23-26-20(14-3-7-17(24)8-4-14)21(27-23)15-5-9-18(25)10-6-15;23-17-9-5-13(6-10-17)19-20(14-7-11-18(24)12-8-14)26-21(25-19)15-1-3-16(4-2-15)22(27)28;1-14-10-11-17(25(27)28)13-19(14)21-20(15-6-3-2-4-7-15)23-22(24-21)16-8-5-9-18(26)12-16;22-15-10-8-13(9-11-15)19-20(17-6-1-2-7-18(17)23)25-21(24-19)14-4-3-5-16(26)12-14/h3-12,28H,1-2H3,(H,26,27);1-12H,(H,25,26)(H,27,28);2-13,26H,1H3,(H,23,24);1-12,26H,(H,24,25). The summed E-state index contributed by atoms with van der Waals surface area (Å²) in [7, 11) is 1.53. The Morgan fingerprint density at radius 3 is 1.24 bits per heavy atom. The first-order valence-electron chi connectivity index (χ1n) is 34.2. The molecule has 0 fully saturated rings. The average molecular weight is 1770 g/mol. The molecule has 16 aromatic rings. The molecule has 0 aliphatic rings. The molecule has 0 aliphatic carbocycles. The van der Waals surface area contributed by atoms with Crippen molar-refractivity contribution in [2.24, 2.45) is 0 Å². The van der Waals surface area contributed by atoms with Crippen molar-refractivity contribution in [2.45, 2.75) is 13.8 Å². The minimum atomic E-state index is -0.947. The second-order valence-electron chi connectivity index (χ2n) is 25.2. The number of aromatic hydroxyl groups is 3. The Balaban J connectivity index is 0.000000130. The molecule has 8 N–H and O–H groups in total. The summed E-state index contributed by atoms with van der Waals surface area (Å²) in [6.45, 7) is 3.73. The summed E-state index contributed by atoms with van der Waals surface area (Å²) in [5, 5.41) is 51.5. The van der Waals surface area contributed by atoms with E-state index in [1.165, 1.54) is 13.2 Å². The lowest BCUT2D eigenvalue weighted by molar-refractivity contribution is -0.384. The van der Waals surface area contributed by atoms with E-state index in [0.29, 0.717) is 61.6 Å². The molecule has 0 spiro atoms. The monoisotopic (exact) mass is 1760 g/mol. The van der Waals surface area contributed by atoms with Crippen molar-refractivity contribution in [2.75, 3.05) is 7.11 Å². The van der Waals surface area contributed by atoms with Gasteiger partial charge in [0.25, 0.3) is 5.69 Å². The number of aromatic amines is 4. The van der Waals surface area contributed by atoms with E-state index >= 15 is 0 Å². The highest BCUT2D eigenvalue weighted by Crippen LogP contribution is 2.43. The van der Waals surface area contributed by atoms with E-state index in [0.717, 1.165) is 119 Å². The smallest absolute Gasteiger partial charge is 0.335 e. The molecule has 4 heterocycles. The molecule has 0 aliphatic heterocycles. The normalized spacial score (nSPS) is 10.8. The number of nitrogens with zero attached hydrogens (tertiary/aromatic N) is 5. The van der Waals surface area contributed by atoms with Crippen molar-refractivity contribution >= 4 is 98.6 Å². The fraction of sp³-hybridized carbons (Fsp3) is 0.0341. The van der Waals surface area contributed by atoms with E-state index in [1.54, 1.807) is 72.8 Å². The first kappa shape index (κ1) is 77.2. The first-order chi connectivity index (χ1) is 53.6. The van der Waals surface area contributed by atoms with Crippen LogP contribution in [0.4, 0.5) is 5.69 Å². The van der Waals surface area contributed by atoms with Crippen LogP contribution in [0.3, 0.4) is 0 Å². The maximum atomic E-state index is 11.3. The van der Waals surface area contributed by atoms with Gasteiger partial charge in [0.2, 0.25) is 0 Å². The number of carbonyl (C=O) groups is 1. The van der Waals surface area contributed by atoms with Crippen molar-refractivity contribution < 1.29 is 34.9 Å². The minimum Gasteiger partial charge on any atom is -0.508 e. The summed E-state index contributed by atoms with van der Waals surface area (Å²) < 4.78 is 9.32. The number of phenols is 3. The summed E-state index contributed by atoms with van der Waals surface area (Å²) in [6, 6.07) is 85.9. The summed E-state index contributed by atoms with van der Waals surface area (Å²) in [5.41, 5.74) is 19.2. The number of aromatic nitrogens is 8. The molecule has 0 radical (unpaired) electrons. The van der Waals surface area contributed by atoms with Crippen LogP contribution in [0.5, 0.6) is 23.0 Å². The predicted molar refractivity (Wildman–Crippen MR) is 455 cm³/mol. The number of carboxylic acid groups (broad SMARTS) is 1. The van der Waals surface area contributed by atoms with E-state index in [2.05, 4.69) is 83.7 Å². The molecule has 0 saturated carbocycles. The Hall–Kier alpha value is -12.0. The zero-order valence-corrected chi connectivity index (χ0v) is 66.8. The molecule has 0 amide bonds. The zero-order chi connectivity index (χ0) is 78.0. The molecule has 111 heavy (non-hydrogen) atoms. The Morgan fingerprint density at radius 1 is 0.396 bits per heavy atom. The third-order valence-corrected chi connectivity index (χ3v) is 20.5. The Morgan fingerprint density at radius 2 is 0.784 bits per heavy atom. The molecular weight excluding hydrogens is 1700 g/mol. The van der Waals surface area contributed by atoms with E-state index in [-0.39, 0.29) is 28.5 Å². The molecule has 550 valence electrons. The van der Waals surface area contributed by atoms with Crippen LogP contribution in [0.1, 0.15) is 21.5 Å². The molecule has 4 aromatic heterocycles. The highest BCUT2D eigenvalue weighted by Gasteiger charge is 2.23. The van der Waals surface area contributed by atoms with Gasteiger partial charge in [0, 0.05) is 107 Å². The van der Waals surface area contributed by atoms with Crippen LogP contribution < -0.4 is 4.74 Å². The minimum absolute atomic E-state index is 0.0214. The van der Waals surface area contributed by atoms with Crippen LogP contribution in [0.15, 0.2) is 297 Å². The van der Waals surface area contributed by atoms with Gasteiger partial charge in [-0.05, 0) is 140 Å². The third-order valence-electron chi connectivity index (χ3n) is 17.7. The molecule has 23 heteroatoms. The number of nitro groups is 1. The fourth-order valence-electron chi connectivity index (χ4n) is 12.1. The summed E-state index contributed by atoms with van der Waals surface area (Å²) in [6.07, 6.45) is 0. The number of hydrogen-bond donors (Lipinski definition) is 8. The third kappa shape index (κ3) is 18.3. The Labute approximate surface area is 681 Å². The van der Waals surface area contributed by atoms with Crippen molar-refractivity contribution in [1.29, 1.82) is 0 Å². The van der Waals surface area contributed by atoms with E-state index in [4.69, 9.17) is 53.0 Å². The number of phenolic OH excluding ortho intramolecular Hbond substituents is 3. The number of methoxy groups -OCH3 is 1. The number of halogens is 6. The van der Waals surface area contributed by atoms with Gasteiger partial charge in [0.15, 0.2) is 11.5 Å². The molecule has 16 rings (SSSR count). The van der Waals surface area contributed by atoms with Crippen LogP contribution in [-0.2, 0) is 0 Å². The van der Waals surface area contributed by atoms with Gasteiger partial charge in [0.1, 0.15) is 34.8 Å². The zero-order valence-electron chi connectivity index (χ0n) is 59.0. The number of nitro benzene ring substituents is 1. The van der Waals surface area contributed by atoms with Crippen LogP contribution in [0, 0.1) is 24.0 Å². The molecular formula is C88H63Br4Cl2N9O8. The van der Waals surface area contributed by atoms with E-state index in [9.17, 15) is 30.2 Å². The van der Waals surface area contributed by atoms with Crippen LogP contribution in [-0.4, -0.2) is 78.3 Å². The SMILES string of the molecule is COc1cc(-c2nc(-c3ccc(Cl)cc3)c(-c3ccc(Cl)cc3)[nH]2)cc(C)c1O.Cc1ccc([N+](=O)[O-])cc1-c1[nH]c(-c2cccc(O)c2)nc1-c1ccccc1.O=C(O)c1ccc(-c2nc(-c3ccc(Br)cc3)c(-c3ccc(Br)cc3)[nH]2)cc1.Oc1cccc(-c2nc(-c3ccc(Br)cc3)c(-c3ccccc3Br)[nH]2)c1. The second kappa shape index (κ2) is 34.7. The van der Waals surface area contributed by atoms with Gasteiger partial charge in [-0.15, -0.1) is 0 Å². The molecule has 0 atom stereocenters. The first-order valence-corrected chi connectivity index (χ1v) is 38.1. The van der Waals surface area contributed by atoms with E-state index in [1.807, 2.05) is 214 Å². The van der Waals surface area contributed by atoms with Gasteiger partial charge in [-0.2, -0.15) is 0 Å². The molecule has 0 unspecified atom stereocenters. The van der Waals surface area contributed by atoms with Crippen molar-refractivity contribution in [3.63, 3.8) is 0 Å². The second-order valence-corrected chi connectivity index (χ2v) is 29.7. The molecule has 0 saturated heterocycles. The molecule has 17 nitrogen and oxygen atoms in total. The van der Waals surface area contributed by atoms with Gasteiger partial charge in [0.05, 0.1) is 63.1 Å². The maximum Gasteiger partial charge on any atom is 0.335 e. The highest BCUT2D eigenvalue weighted by molar-refractivity contribution is 9.11. The Bertz CT molecular complexity index is 5890. The number of rotatable bonds is 15. The fourth-order valence-corrected chi connectivity index (χ4v) is 13.6. The van der Waals surface area contributed by atoms with Gasteiger partial charge < -0.3 is 45.1 Å². The lowest BCUT2D eigenvalue weighted by atomic mass is 10.0. The summed E-state index contributed by atoms with van der Waals surface area (Å²) in [5.74, 6) is 2.58.